The highest BCUT2D eigenvalue weighted by Gasteiger charge is 2.42. The largest absolute Gasteiger partial charge is 0.444 e. The summed E-state index contributed by atoms with van der Waals surface area (Å²) in [5, 5.41) is 24.1. The first kappa shape index (κ1) is 42.4. The second-order valence-electron chi connectivity index (χ2n) is 16.3. The topological polar surface area (TPSA) is 178 Å². The standard InChI is InChI=1S/C43H61N7O6/c1-43(2,3)56-42(55)49-36(25-31-16-9-5-10-17-31)39(52)48-37(26-33-28-45-29-46-33)40(53)47-35(24-30-14-7-4-8-15-30)38(51)34-20-23-50(41(34)54)22-13-21-44-27-32-18-11-6-12-19-32/h5-6,9-12,16-19,28-30,34-38,44,51H,4,7-8,13-15,20-27H2,1-3H3,(H,45,46)(H,47,53)(H,48,52)(H,49,55)/t34-,35+,36-,37-,38-/m0/s1. The van der Waals surface area contributed by atoms with E-state index in [-0.39, 0.29) is 18.7 Å². The Morgan fingerprint density at radius 1 is 0.893 bits per heavy atom. The van der Waals surface area contributed by atoms with Crippen molar-refractivity contribution in [2.45, 2.75) is 121 Å². The third-order valence-electron chi connectivity index (χ3n) is 10.7. The van der Waals surface area contributed by atoms with Crippen molar-refractivity contribution in [2.24, 2.45) is 11.8 Å². The van der Waals surface area contributed by atoms with Gasteiger partial charge in [-0.3, -0.25) is 14.4 Å². The summed E-state index contributed by atoms with van der Waals surface area (Å²) in [6, 6.07) is 16.6. The molecule has 2 aliphatic rings. The number of carbonyl (C=O) groups is 4. The molecule has 0 spiro atoms. The van der Waals surface area contributed by atoms with Crippen LogP contribution in [-0.2, 0) is 38.5 Å². The molecule has 4 amide bonds. The Morgan fingerprint density at radius 2 is 1.55 bits per heavy atom. The van der Waals surface area contributed by atoms with Crippen LogP contribution in [0, 0.1) is 11.8 Å². The first-order valence-electron chi connectivity index (χ1n) is 20.3. The predicted octanol–water partition coefficient (Wildman–Crippen LogP) is 4.42. The number of carbonyl (C=O) groups excluding carboxylic acids is 4. The van der Waals surface area contributed by atoms with E-state index in [0.717, 1.165) is 57.2 Å². The maximum atomic E-state index is 14.3. The van der Waals surface area contributed by atoms with Crippen LogP contribution < -0.4 is 21.3 Å². The van der Waals surface area contributed by atoms with Crippen LogP contribution in [0.3, 0.4) is 0 Å². The number of imidazole rings is 1. The fraction of sp³-hybridized carbons (Fsp3) is 0.558. The van der Waals surface area contributed by atoms with Gasteiger partial charge in [0.15, 0.2) is 0 Å². The third kappa shape index (κ3) is 13.5. The second kappa shape index (κ2) is 21.0. The van der Waals surface area contributed by atoms with E-state index >= 15 is 0 Å². The number of alkyl carbamates (subject to hydrolysis) is 1. The summed E-state index contributed by atoms with van der Waals surface area (Å²) >= 11 is 0. The van der Waals surface area contributed by atoms with Gasteiger partial charge < -0.3 is 41.0 Å². The average molecular weight is 772 g/mol. The Bertz CT molecular complexity index is 1660. The minimum absolute atomic E-state index is 0.0861. The monoisotopic (exact) mass is 771 g/mol. The highest BCUT2D eigenvalue weighted by Crippen LogP contribution is 2.31. The molecule has 2 heterocycles. The van der Waals surface area contributed by atoms with Gasteiger partial charge in [0.25, 0.3) is 0 Å². The molecular weight excluding hydrogens is 711 g/mol. The van der Waals surface area contributed by atoms with Crippen molar-refractivity contribution in [2.75, 3.05) is 19.6 Å². The van der Waals surface area contributed by atoms with Crippen LogP contribution in [0.25, 0.3) is 0 Å². The molecule has 0 unspecified atom stereocenters. The Kier molecular flexibility index (Phi) is 15.9. The van der Waals surface area contributed by atoms with E-state index in [1.54, 1.807) is 27.0 Å². The molecule has 0 radical (unpaired) electrons. The Morgan fingerprint density at radius 3 is 2.21 bits per heavy atom. The fourth-order valence-corrected chi connectivity index (χ4v) is 7.76. The third-order valence-corrected chi connectivity index (χ3v) is 10.7. The van der Waals surface area contributed by atoms with Gasteiger partial charge in [-0.2, -0.15) is 0 Å². The molecule has 56 heavy (non-hydrogen) atoms. The highest BCUT2D eigenvalue weighted by atomic mass is 16.6. The summed E-state index contributed by atoms with van der Waals surface area (Å²) in [7, 11) is 0. The van der Waals surface area contributed by atoms with E-state index in [9.17, 15) is 24.3 Å². The van der Waals surface area contributed by atoms with Crippen LogP contribution in [0.1, 0.15) is 89.0 Å². The molecule has 5 rings (SSSR count). The molecule has 3 aromatic rings. The molecule has 5 atom stereocenters. The zero-order valence-electron chi connectivity index (χ0n) is 33.2. The molecule has 13 heteroatoms. The lowest BCUT2D eigenvalue weighted by Gasteiger charge is -2.33. The van der Waals surface area contributed by atoms with Gasteiger partial charge in [0, 0.05) is 44.4 Å². The fourth-order valence-electron chi connectivity index (χ4n) is 7.76. The Hall–Kier alpha value is -4.75. The number of H-pyrrole nitrogens is 1. The lowest BCUT2D eigenvalue weighted by Crippen LogP contribution is -2.58. The summed E-state index contributed by atoms with van der Waals surface area (Å²) in [6.07, 6.45) is 8.61. The average Bonchev–Trinajstić information content (AvgIpc) is 3.83. The number of hydrogen-bond acceptors (Lipinski definition) is 8. The van der Waals surface area contributed by atoms with Crippen molar-refractivity contribution < 1.29 is 29.0 Å². The summed E-state index contributed by atoms with van der Waals surface area (Å²) in [4.78, 5) is 63.9. The maximum Gasteiger partial charge on any atom is 0.408 e. The number of rotatable bonds is 19. The van der Waals surface area contributed by atoms with Crippen LogP contribution in [0.15, 0.2) is 73.2 Å². The normalized spacial score (nSPS) is 18.5. The molecule has 0 bridgehead atoms. The molecule has 2 fully saturated rings. The lowest BCUT2D eigenvalue weighted by atomic mass is 9.81. The maximum absolute atomic E-state index is 14.3. The number of aromatic amines is 1. The van der Waals surface area contributed by atoms with Crippen molar-refractivity contribution in [1.29, 1.82) is 0 Å². The van der Waals surface area contributed by atoms with Crippen LogP contribution >= 0.6 is 0 Å². The molecule has 1 saturated carbocycles. The number of ether oxygens (including phenoxy) is 1. The highest BCUT2D eigenvalue weighted by molar-refractivity contribution is 5.92. The molecule has 1 aliphatic carbocycles. The SMILES string of the molecule is CC(C)(C)OC(=O)N[C@@H](Cc1ccccc1)C(=O)N[C@@H](Cc1cnc[nH]1)C(=O)N[C@H](CC1CCCCC1)[C@@H](O)[C@@H]1CCN(CCCNCc2ccccc2)C1=O. The van der Waals surface area contributed by atoms with Gasteiger partial charge in [-0.05, 0) is 63.6 Å². The van der Waals surface area contributed by atoms with E-state index in [4.69, 9.17) is 4.74 Å². The molecule has 2 aromatic carbocycles. The van der Waals surface area contributed by atoms with Crippen LogP contribution in [0.2, 0.25) is 0 Å². The van der Waals surface area contributed by atoms with Gasteiger partial charge in [0.05, 0.1) is 24.4 Å². The van der Waals surface area contributed by atoms with E-state index in [2.05, 4.69) is 43.4 Å². The van der Waals surface area contributed by atoms with Crippen molar-refractivity contribution in [3.05, 3.63) is 90.0 Å². The number of nitrogens with zero attached hydrogens (tertiary/aromatic N) is 2. The summed E-state index contributed by atoms with van der Waals surface area (Å²) in [5.74, 6) is -1.50. The summed E-state index contributed by atoms with van der Waals surface area (Å²) in [6.45, 7) is 7.88. The number of aliphatic hydroxyl groups excluding tert-OH is 1. The van der Waals surface area contributed by atoms with E-state index in [1.165, 1.54) is 11.9 Å². The lowest BCUT2D eigenvalue weighted by molar-refractivity contribution is -0.136. The van der Waals surface area contributed by atoms with Crippen molar-refractivity contribution in [3.8, 4) is 0 Å². The van der Waals surface area contributed by atoms with Crippen molar-refractivity contribution >= 4 is 23.8 Å². The number of amides is 4. The van der Waals surface area contributed by atoms with Gasteiger partial charge in [-0.1, -0.05) is 92.8 Å². The van der Waals surface area contributed by atoms with E-state index in [1.807, 2.05) is 53.4 Å². The minimum Gasteiger partial charge on any atom is -0.444 e. The molecule has 1 aliphatic heterocycles. The molecule has 1 aromatic heterocycles. The zero-order chi connectivity index (χ0) is 39.9. The number of nitrogens with one attached hydrogen (secondary N) is 5. The number of aromatic nitrogens is 2. The first-order valence-corrected chi connectivity index (χ1v) is 20.3. The molecular formula is C43H61N7O6. The predicted molar refractivity (Wildman–Crippen MR) is 214 cm³/mol. The first-order chi connectivity index (χ1) is 26.9. The molecule has 304 valence electrons. The summed E-state index contributed by atoms with van der Waals surface area (Å²) < 4.78 is 5.47. The van der Waals surface area contributed by atoms with Gasteiger partial charge in [0.2, 0.25) is 17.7 Å². The number of aliphatic hydroxyl groups is 1. The number of benzene rings is 2. The number of hydrogen-bond donors (Lipinski definition) is 6. The van der Waals surface area contributed by atoms with Gasteiger partial charge in [-0.25, -0.2) is 9.78 Å². The van der Waals surface area contributed by atoms with E-state index in [0.29, 0.717) is 37.5 Å². The van der Waals surface area contributed by atoms with Gasteiger partial charge >= 0.3 is 6.09 Å². The van der Waals surface area contributed by atoms with Crippen LogP contribution in [-0.4, -0.2) is 93.3 Å². The molecule has 6 N–H and O–H groups in total. The minimum atomic E-state index is -1.10. The zero-order valence-corrected chi connectivity index (χ0v) is 33.2. The van der Waals surface area contributed by atoms with Crippen LogP contribution in [0.5, 0.6) is 0 Å². The van der Waals surface area contributed by atoms with Gasteiger partial charge in [-0.15, -0.1) is 0 Å². The van der Waals surface area contributed by atoms with Crippen LogP contribution in [0.4, 0.5) is 4.79 Å². The molecule has 13 nitrogen and oxygen atoms in total. The Balaban J connectivity index is 1.27. The second-order valence-corrected chi connectivity index (χ2v) is 16.3. The smallest absolute Gasteiger partial charge is 0.408 e. The summed E-state index contributed by atoms with van der Waals surface area (Å²) in [5.41, 5.74) is 1.85. The van der Waals surface area contributed by atoms with E-state index < -0.39 is 53.7 Å². The molecule has 1 saturated heterocycles. The quantitative estimate of drug-likeness (QED) is 0.0971. The Labute approximate surface area is 331 Å². The number of likely N-dealkylation sites (tertiary alicyclic amines) is 1. The van der Waals surface area contributed by atoms with Gasteiger partial charge in [0.1, 0.15) is 17.7 Å². The van der Waals surface area contributed by atoms with Crippen molar-refractivity contribution in [3.63, 3.8) is 0 Å². The van der Waals surface area contributed by atoms with Crippen molar-refractivity contribution in [1.82, 2.24) is 36.1 Å².